The van der Waals surface area contributed by atoms with Crippen LogP contribution < -0.4 is 11.1 Å². The summed E-state index contributed by atoms with van der Waals surface area (Å²) in [7, 11) is 0. The molecule has 1 aromatic carbocycles. The van der Waals surface area contributed by atoms with E-state index in [-0.39, 0.29) is 23.6 Å². The van der Waals surface area contributed by atoms with Crippen LogP contribution in [0.15, 0.2) is 18.2 Å². The van der Waals surface area contributed by atoms with Crippen LogP contribution in [0, 0.1) is 23.0 Å². The molecule has 0 spiro atoms. The average Bonchev–Trinajstić information content (AvgIpc) is 2.40. The maximum atomic E-state index is 12.1. The van der Waals surface area contributed by atoms with E-state index in [9.17, 15) is 14.9 Å². The van der Waals surface area contributed by atoms with Crippen molar-refractivity contribution in [3.8, 4) is 0 Å². The molecule has 1 amide bonds. The number of nitrogens with one attached hydrogen (secondary N) is 1. The zero-order chi connectivity index (χ0) is 16.0. The third-order valence-electron chi connectivity index (χ3n) is 3.43. The lowest BCUT2D eigenvalue weighted by Gasteiger charge is -2.14. The molecule has 0 saturated carbocycles. The van der Waals surface area contributed by atoms with Crippen molar-refractivity contribution in [2.75, 3.05) is 5.32 Å². The lowest BCUT2D eigenvalue weighted by molar-refractivity contribution is -0.384. The third-order valence-corrected chi connectivity index (χ3v) is 3.43. The number of amides is 1. The summed E-state index contributed by atoms with van der Waals surface area (Å²) in [5.41, 5.74) is 6.95. The van der Waals surface area contributed by atoms with E-state index in [1.807, 2.05) is 13.8 Å². The highest BCUT2D eigenvalue weighted by molar-refractivity contribution is 5.93. The molecule has 1 aromatic rings. The van der Waals surface area contributed by atoms with Gasteiger partial charge in [0.2, 0.25) is 5.91 Å². The Hall–Kier alpha value is -1.95. The molecule has 2 unspecified atom stereocenters. The molecule has 21 heavy (non-hydrogen) atoms. The van der Waals surface area contributed by atoms with Crippen molar-refractivity contribution < 1.29 is 9.72 Å². The van der Waals surface area contributed by atoms with Crippen molar-refractivity contribution in [2.45, 2.75) is 46.1 Å². The van der Waals surface area contributed by atoms with E-state index < -0.39 is 4.92 Å². The van der Waals surface area contributed by atoms with Crippen molar-refractivity contribution in [1.82, 2.24) is 0 Å². The van der Waals surface area contributed by atoms with Crippen molar-refractivity contribution in [1.29, 1.82) is 0 Å². The van der Waals surface area contributed by atoms with Gasteiger partial charge in [0, 0.05) is 24.1 Å². The van der Waals surface area contributed by atoms with Crippen LogP contribution in [0.25, 0.3) is 0 Å². The Kier molecular flexibility index (Phi) is 6.30. The van der Waals surface area contributed by atoms with Gasteiger partial charge in [-0.25, -0.2) is 0 Å². The molecule has 2 atom stereocenters. The first kappa shape index (κ1) is 17.1. The van der Waals surface area contributed by atoms with Crippen molar-refractivity contribution in [3.05, 3.63) is 33.9 Å². The Balaban J connectivity index is 2.65. The average molecular weight is 293 g/mol. The maximum absolute atomic E-state index is 12.1. The fraction of sp³-hybridized carbons (Fsp3) is 0.533. The van der Waals surface area contributed by atoms with Gasteiger partial charge in [-0.3, -0.25) is 14.9 Å². The fourth-order valence-corrected chi connectivity index (χ4v) is 1.99. The minimum absolute atomic E-state index is 0.0273. The number of carbonyl (C=O) groups excluding carboxylic acids is 1. The summed E-state index contributed by atoms with van der Waals surface area (Å²) < 4.78 is 0. The number of aryl methyl sites for hydroxylation is 1. The van der Waals surface area contributed by atoms with Crippen LogP contribution in [0.4, 0.5) is 11.4 Å². The predicted molar refractivity (Wildman–Crippen MR) is 83.1 cm³/mol. The maximum Gasteiger partial charge on any atom is 0.271 e. The van der Waals surface area contributed by atoms with Crippen molar-refractivity contribution in [3.63, 3.8) is 0 Å². The lowest BCUT2D eigenvalue weighted by atomic mass is 10.0. The number of hydrogen-bond acceptors (Lipinski definition) is 4. The van der Waals surface area contributed by atoms with Crippen LogP contribution in [0.5, 0.6) is 0 Å². The van der Waals surface area contributed by atoms with Crippen molar-refractivity contribution in [2.24, 2.45) is 11.7 Å². The van der Waals surface area contributed by atoms with Crippen molar-refractivity contribution >= 4 is 17.3 Å². The first-order valence-corrected chi connectivity index (χ1v) is 7.12. The molecule has 0 fully saturated rings. The van der Waals surface area contributed by atoms with Gasteiger partial charge in [-0.05, 0) is 32.3 Å². The number of non-ortho nitro benzene ring substituents is 1. The summed E-state index contributed by atoms with van der Waals surface area (Å²) in [4.78, 5) is 22.4. The SMILES string of the molecule is Cc1ccc([N+](=O)[O-])cc1NC(=O)C(C)CCCC(C)N. The largest absolute Gasteiger partial charge is 0.328 e. The van der Waals surface area contributed by atoms with Crippen LogP contribution in [0.2, 0.25) is 0 Å². The third kappa shape index (κ3) is 5.51. The van der Waals surface area contributed by atoms with Gasteiger partial charge in [0.15, 0.2) is 0 Å². The minimum atomic E-state index is -0.471. The number of carbonyl (C=O) groups is 1. The summed E-state index contributed by atoms with van der Waals surface area (Å²) in [6, 6.07) is 4.59. The van der Waals surface area contributed by atoms with Gasteiger partial charge < -0.3 is 11.1 Å². The van der Waals surface area contributed by atoms with E-state index >= 15 is 0 Å². The first-order chi connectivity index (χ1) is 9.81. The van der Waals surface area contributed by atoms with E-state index in [0.717, 1.165) is 24.8 Å². The topological polar surface area (TPSA) is 98.3 Å². The van der Waals surface area contributed by atoms with E-state index in [1.165, 1.54) is 12.1 Å². The number of nitrogens with two attached hydrogens (primary N) is 1. The second-order valence-corrected chi connectivity index (χ2v) is 5.55. The van der Waals surface area contributed by atoms with Gasteiger partial charge >= 0.3 is 0 Å². The Bertz CT molecular complexity index is 515. The zero-order valence-electron chi connectivity index (χ0n) is 12.8. The quantitative estimate of drug-likeness (QED) is 0.596. The molecule has 0 aliphatic heterocycles. The monoisotopic (exact) mass is 293 g/mol. The standard InChI is InChI=1S/C15H23N3O3/c1-10-7-8-13(18(20)21)9-14(10)17-15(19)11(2)5-4-6-12(3)16/h7-9,11-12H,4-6,16H2,1-3H3,(H,17,19). The minimum Gasteiger partial charge on any atom is -0.328 e. The molecule has 6 heteroatoms. The number of nitrogens with zero attached hydrogens (tertiary/aromatic N) is 1. The summed E-state index contributed by atoms with van der Waals surface area (Å²) in [5, 5.41) is 13.5. The van der Waals surface area contributed by atoms with Gasteiger partial charge in [-0.1, -0.05) is 19.4 Å². The summed E-state index contributed by atoms with van der Waals surface area (Å²) in [6.07, 6.45) is 2.52. The molecule has 0 bridgehead atoms. The van der Waals surface area contributed by atoms with Gasteiger partial charge in [-0.2, -0.15) is 0 Å². The van der Waals surface area contributed by atoms with Crippen LogP contribution >= 0.6 is 0 Å². The van der Waals surface area contributed by atoms with E-state index in [0.29, 0.717) is 5.69 Å². The van der Waals surface area contributed by atoms with E-state index in [4.69, 9.17) is 5.73 Å². The molecule has 0 saturated heterocycles. The van der Waals surface area contributed by atoms with Gasteiger partial charge in [0.05, 0.1) is 10.6 Å². The van der Waals surface area contributed by atoms with Crippen LogP contribution in [-0.2, 0) is 4.79 Å². The Morgan fingerprint density at radius 3 is 2.62 bits per heavy atom. The number of nitro benzene ring substituents is 1. The zero-order valence-corrected chi connectivity index (χ0v) is 12.8. The second kappa shape index (κ2) is 7.73. The highest BCUT2D eigenvalue weighted by Gasteiger charge is 2.16. The molecular formula is C15H23N3O3. The normalized spacial score (nSPS) is 13.5. The van der Waals surface area contributed by atoms with Crippen LogP contribution in [-0.4, -0.2) is 16.9 Å². The van der Waals surface area contributed by atoms with Gasteiger partial charge in [0.25, 0.3) is 5.69 Å². The molecule has 6 nitrogen and oxygen atoms in total. The second-order valence-electron chi connectivity index (χ2n) is 5.55. The van der Waals surface area contributed by atoms with E-state index in [1.54, 1.807) is 13.0 Å². The molecule has 116 valence electrons. The first-order valence-electron chi connectivity index (χ1n) is 7.12. The smallest absolute Gasteiger partial charge is 0.271 e. The van der Waals surface area contributed by atoms with Gasteiger partial charge in [0.1, 0.15) is 0 Å². The number of benzene rings is 1. The highest BCUT2D eigenvalue weighted by Crippen LogP contribution is 2.23. The Morgan fingerprint density at radius 1 is 1.38 bits per heavy atom. The number of nitro groups is 1. The number of anilines is 1. The highest BCUT2D eigenvalue weighted by atomic mass is 16.6. The summed E-state index contributed by atoms with van der Waals surface area (Å²) in [5.74, 6) is -0.273. The number of rotatable bonds is 7. The molecule has 0 aliphatic rings. The molecule has 0 heterocycles. The molecule has 0 aliphatic carbocycles. The van der Waals surface area contributed by atoms with Gasteiger partial charge in [-0.15, -0.1) is 0 Å². The molecule has 0 radical (unpaired) electrons. The van der Waals surface area contributed by atoms with Crippen LogP contribution in [0.3, 0.4) is 0 Å². The molecule has 1 rings (SSSR count). The van der Waals surface area contributed by atoms with Crippen LogP contribution in [0.1, 0.15) is 38.7 Å². The molecular weight excluding hydrogens is 270 g/mol. The Labute approximate surface area is 124 Å². The molecule has 0 aromatic heterocycles. The summed E-state index contributed by atoms with van der Waals surface area (Å²) >= 11 is 0. The summed E-state index contributed by atoms with van der Waals surface area (Å²) in [6.45, 7) is 5.60. The van der Waals surface area contributed by atoms with E-state index in [2.05, 4.69) is 5.32 Å². The molecule has 3 N–H and O–H groups in total. The predicted octanol–water partition coefficient (Wildman–Crippen LogP) is 3.00. The Morgan fingerprint density at radius 2 is 2.05 bits per heavy atom. The number of hydrogen-bond donors (Lipinski definition) is 2. The lowest BCUT2D eigenvalue weighted by Crippen LogP contribution is -2.22. The fourth-order valence-electron chi connectivity index (χ4n) is 1.99.